The molecule has 1 amide bonds. The second-order valence-electron chi connectivity index (χ2n) is 8.67. The number of imidazole rings is 1. The largest absolute Gasteiger partial charge is 0.480 e. The number of carboxylic acids is 1. The Morgan fingerprint density at radius 3 is 2.66 bits per heavy atom. The van der Waals surface area contributed by atoms with E-state index in [0.29, 0.717) is 28.9 Å². The number of nitrogens with one attached hydrogen (secondary N) is 1. The number of aliphatic hydroxyl groups excluding tert-OH is 1. The van der Waals surface area contributed by atoms with Gasteiger partial charge in [0, 0.05) is 42.4 Å². The quantitative estimate of drug-likeness (QED) is 0.383. The van der Waals surface area contributed by atoms with E-state index in [1.165, 1.54) is 10.5 Å². The SMILES string of the molecule is CCCCCn1c(N2C[C@@H](O)C[C@H]2C(=O)NCC(=O)O)cc(=O)n2cc(-c3ccc(Cl)cc3)nc12. The zero-order chi connectivity index (χ0) is 25.1. The van der Waals surface area contributed by atoms with E-state index >= 15 is 0 Å². The van der Waals surface area contributed by atoms with Crippen molar-refractivity contribution in [1.82, 2.24) is 19.3 Å². The molecule has 11 heteroatoms. The van der Waals surface area contributed by atoms with E-state index in [2.05, 4.69) is 12.2 Å². The van der Waals surface area contributed by atoms with Crippen LogP contribution in [0.2, 0.25) is 5.02 Å². The maximum atomic E-state index is 13.1. The van der Waals surface area contributed by atoms with Gasteiger partial charge in [-0.25, -0.2) is 4.98 Å². The lowest BCUT2D eigenvalue weighted by atomic mass is 10.2. The van der Waals surface area contributed by atoms with Crippen LogP contribution in [0.1, 0.15) is 32.6 Å². The van der Waals surface area contributed by atoms with Crippen LogP contribution in [0.3, 0.4) is 0 Å². The minimum atomic E-state index is -1.16. The van der Waals surface area contributed by atoms with Gasteiger partial charge in [0.1, 0.15) is 18.4 Å². The number of β-amino-alcohol motifs (C(OH)–C–C–N with tert-alkyl or cyclic N) is 1. The number of aliphatic carboxylic acids is 1. The number of aryl methyl sites for hydroxylation is 1. The number of carboxylic acid groups (broad SMARTS) is 1. The van der Waals surface area contributed by atoms with E-state index in [0.717, 1.165) is 24.8 Å². The molecule has 0 unspecified atom stereocenters. The first kappa shape index (κ1) is 24.7. The maximum Gasteiger partial charge on any atom is 0.322 e. The highest BCUT2D eigenvalue weighted by Crippen LogP contribution is 2.28. The van der Waals surface area contributed by atoms with E-state index in [1.807, 2.05) is 16.7 Å². The summed E-state index contributed by atoms with van der Waals surface area (Å²) in [5.41, 5.74) is 1.10. The van der Waals surface area contributed by atoms with Gasteiger partial charge in [-0.05, 0) is 18.6 Å². The summed E-state index contributed by atoms with van der Waals surface area (Å²) in [5, 5.41) is 22.3. The minimum Gasteiger partial charge on any atom is -0.480 e. The second kappa shape index (κ2) is 10.5. The number of nitrogens with zero attached hydrogens (tertiary/aromatic N) is 4. The number of hydrogen-bond donors (Lipinski definition) is 3. The van der Waals surface area contributed by atoms with Crippen molar-refractivity contribution in [1.29, 1.82) is 0 Å². The molecule has 1 aromatic carbocycles. The number of anilines is 1. The lowest BCUT2D eigenvalue weighted by molar-refractivity contribution is -0.138. The van der Waals surface area contributed by atoms with Gasteiger partial charge in [0.05, 0.1) is 11.8 Å². The van der Waals surface area contributed by atoms with Gasteiger partial charge >= 0.3 is 5.97 Å². The first-order valence-electron chi connectivity index (χ1n) is 11.6. The van der Waals surface area contributed by atoms with Gasteiger partial charge in [0.2, 0.25) is 11.7 Å². The highest BCUT2D eigenvalue weighted by Gasteiger charge is 2.38. The fraction of sp³-hybridized carbons (Fsp3) is 0.417. The molecule has 0 bridgehead atoms. The molecule has 3 N–H and O–H groups in total. The van der Waals surface area contributed by atoms with E-state index in [1.54, 1.807) is 23.2 Å². The molecule has 0 radical (unpaired) electrons. The number of carbonyl (C=O) groups excluding carboxylic acids is 1. The summed E-state index contributed by atoms with van der Waals surface area (Å²) in [6.45, 7) is 2.27. The predicted octanol–water partition coefficient (Wildman–Crippen LogP) is 2.15. The number of aromatic nitrogens is 3. The Balaban J connectivity index is 1.80. The molecular weight excluding hydrogens is 474 g/mol. The van der Waals surface area contributed by atoms with Crippen LogP contribution in [0.15, 0.2) is 41.3 Å². The average Bonchev–Trinajstić information content (AvgIpc) is 3.44. The van der Waals surface area contributed by atoms with Crippen molar-refractivity contribution in [3.8, 4) is 11.3 Å². The van der Waals surface area contributed by atoms with Gasteiger partial charge in [-0.15, -0.1) is 0 Å². The highest BCUT2D eigenvalue weighted by molar-refractivity contribution is 6.30. The Morgan fingerprint density at radius 2 is 1.97 bits per heavy atom. The van der Waals surface area contributed by atoms with Gasteiger partial charge in [-0.3, -0.25) is 23.4 Å². The maximum absolute atomic E-state index is 13.1. The van der Waals surface area contributed by atoms with E-state index in [-0.39, 0.29) is 18.5 Å². The standard InChI is InChI=1S/C24H28ClN5O5/c1-2-3-4-9-28-20(29-13-17(31)10-19(29)23(35)26-12-22(33)34)11-21(32)30-14-18(27-24(28)30)15-5-7-16(25)8-6-15/h5-8,11,14,17,19,31H,2-4,9-10,12-13H2,1H3,(H,26,35)(H,33,34)/t17-,19-/m0/s1. The number of benzene rings is 1. The first-order chi connectivity index (χ1) is 16.8. The number of carbonyl (C=O) groups is 2. The van der Waals surface area contributed by atoms with Gasteiger partial charge in [-0.1, -0.05) is 43.5 Å². The zero-order valence-corrected chi connectivity index (χ0v) is 20.1. The predicted molar refractivity (Wildman–Crippen MR) is 132 cm³/mol. The molecule has 10 nitrogen and oxygen atoms in total. The molecule has 2 aromatic heterocycles. The molecule has 35 heavy (non-hydrogen) atoms. The van der Waals surface area contributed by atoms with Gasteiger partial charge in [0.25, 0.3) is 5.56 Å². The number of aliphatic hydroxyl groups is 1. The summed E-state index contributed by atoms with van der Waals surface area (Å²) in [7, 11) is 0. The van der Waals surface area contributed by atoms with Gasteiger partial charge < -0.3 is 20.4 Å². The smallest absolute Gasteiger partial charge is 0.322 e. The Bertz CT molecular complexity index is 1290. The third-order valence-electron chi connectivity index (χ3n) is 6.11. The number of unbranched alkanes of at least 4 members (excludes halogenated alkanes) is 2. The second-order valence-corrected chi connectivity index (χ2v) is 9.11. The summed E-state index contributed by atoms with van der Waals surface area (Å²) in [6.07, 6.45) is 3.81. The fourth-order valence-electron chi connectivity index (χ4n) is 4.41. The lowest BCUT2D eigenvalue weighted by Crippen LogP contribution is -2.46. The molecule has 1 saturated heterocycles. The fourth-order valence-corrected chi connectivity index (χ4v) is 4.54. The summed E-state index contributed by atoms with van der Waals surface area (Å²) in [6, 6.07) is 7.81. The Kier molecular flexibility index (Phi) is 7.42. The van der Waals surface area contributed by atoms with Crippen molar-refractivity contribution < 1.29 is 19.8 Å². The van der Waals surface area contributed by atoms with E-state index in [4.69, 9.17) is 21.7 Å². The molecule has 1 aliphatic rings. The average molecular weight is 502 g/mol. The van der Waals surface area contributed by atoms with Crippen molar-refractivity contribution in [2.45, 2.75) is 51.3 Å². The van der Waals surface area contributed by atoms with E-state index < -0.39 is 30.6 Å². The van der Waals surface area contributed by atoms with Crippen LogP contribution in [0.25, 0.3) is 17.0 Å². The molecule has 4 rings (SSSR count). The molecule has 0 aliphatic carbocycles. The molecule has 3 heterocycles. The number of amides is 1. The molecular formula is C24H28ClN5O5. The Hall–Kier alpha value is -3.37. The van der Waals surface area contributed by atoms with Crippen LogP contribution in [0.4, 0.5) is 5.82 Å². The van der Waals surface area contributed by atoms with Crippen LogP contribution >= 0.6 is 11.6 Å². The summed E-state index contributed by atoms with van der Waals surface area (Å²) in [5.74, 6) is -0.770. The van der Waals surface area contributed by atoms with Crippen molar-refractivity contribution >= 4 is 35.1 Å². The third-order valence-corrected chi connectivity index (χ3v) is 6.36. The van der Waals surface area contributed by atoms with E-state index in [9.17, 15) is 19.5 Å². The Labute approximate surface area is 206 Å². The highest BCUT2D eigenvalue weighted by atomic mass is 35.5. The molecule has 2 atom stereocenters. The van der Waals surface area contributed by atoms with Crippen LogP contribution in [0.5, 0.6) is 0 Å². The van der Waals surface area contributed by atoms with Crippen LogP contribution in [0, 0.1) is 0 Å². The van der Waals surface area contributed by atoms with Crippen molar-refractivity contribution in [2.75, 3.05) is 18.0 Å². The topological polar surface area (TPSA) is 129 Å². The first-order valence-corrected chi connectivity index (χ1v) is 12.0. The molecule has 186 valence electrons. The zero-order valence-electron chi connectivity index (χ0n) is 19.4. The number of fused-ring (bicyclic) bond motifs is 1. The number of hydrogen-bond acceptors (Lipinski definition) is 6. The monoisotopic (exact) mass is 501 g/mol. The van der Waals surface area contributed by atoms with Crippen molar-refractivity contribution in [3.63, 3.8) is 0 Å². The molecule has 3 aromatic rings. The number of halogens is 1. The summed E-state index contributed by atoms with van der Waals surface area (Å²) in [4.78, 5) is 43.2. The number of rotatable bonds is 9. The van der Waals surface area contributed by atoms with Crippen molar-refractivity contribution in [3.05, 3.63) is 51.9 Å². The Morgan fingerprint density at radius 1 is 1.23 bits per heavy atom. The summed E-state index contributed by atoms with van der Waals surface area (Å²) >= 11 is 6.01. The molecule has 0 spiro atoms. The third kappa shape index (κ3) is 5.33. The van der Waals surface area contributed by atoms with Crippen LogP contribution in [-0.2, 0) is 16.1 Å². The van der Waals surface area contributed by atoms with Gasteiger partial charge in [-0.2, -0.15) is 0 Å². The van der Waals surface area contributed by atoms with Crippen LogP contribution < -0.4 is 15.8 Å². The molecule has 1 aliphatic heterocycles. The summed E-state index contributed by atoms with van der Waals surface area (Å²) < 4.78 is 3.37. The molecule has 0 saturated carbocycles. The van der Waals surface area contributed by atoms with Crippen LogP contribution in [-0.4, -0.2) is 61.3 Å². The van der Waals surface area contributed by atoms with Gasteiger partial charge in [0.15, 0.2) is 0 Å². The molecule has 1 fully saturated rings. The lowest BCUT2D eigenvalue weighted by Gasteiger charge is -2.28. The minimum absolute atomic E-state index is 0.129. The van der Waals surface area contributed by atoms with Crippen molar-refractivity contribution in [2.24, 2.45) is 0 Å². The normalized spacial score (nSPS) is 17.7.